The van der Waals surface area contributed by atoms with Crippen LogP contribution in [-0.4, -0.2) is 24.9 Å². The van der Waals surface area contributed by atoms with Gasteiger partial charge in [0.15, 0.2) is 0 Å². The summed E-state index contributed by atoms with van der Waals surface area (Å²) in [7, 11) is 3.30. The Morgan fingerprint density at radius 1 is 1.31 bits per heavy atom. The lowest BCUT2D eigenvalue weighted by molar-refractivity contribution is -0.151. The van der Waals surface area contributed by atoms with Crippen LogP contribution in [0.4, 0.5) is 0 Å². The van der Waals surface area contributed by atoms with E-state index in [-0.39, 0.29) is 5.60 Å². The first-order valence-electron chi connectivity index (χ1n) is 5.59. The zero-order chi connectivity index (χ0) is 11.6. The van der Waals surface area contributed by atoms with Gasteiger partial charge in [0.05, 0.1) is 12.7 Å². The average molecular weight is 222 g/mol. The van der Waals surface area contributed by atoms with E-state index in [4.69, 9.17) is 9.47 Å². The lowest BCUT2D eigenvalue weighted by Crippen LogP contribution is -2.45. The summed E-state index contributed by atoms with van der Waals surface area (Å²) in [6, 6.07) is 7.53. The summed E-state index contributed by atoms with van der Waals surface area (Å²) in [5, 5.41) is 10.3. The Morgan fingerprint density at radius 2 is 2.06 bits per heavy atom. The molecule has 0 amide bonds. The summed E-state index contributed by atoms with van der Waals surface area (Å²) >= 11 is 0. The predicted molar refractivity (Wildman–Crippen MR) is 61.5 cm³/mol. The molecule has 0 spiro atoms. The number of rotatable bonds is 4. The van der Waals surface area contributed by atoms with Crippen LogP contribution in [0.15, 0.2) is 24.3 Å². The van der Waals surface area contributed by atoms with Crippen molar-refractivity contribution in [1.82, 2.24) is 0 Å². The van der Waals surface area contributed by atoms with Gasteiger partial charge in [0.1, 0.15) is 11.9 Å². The van der Waals surface area contributed by atoms with E-state index in [2.05, 4.69) is 0 Å². The quantitative estimate of drug-likeness (QED) is 0.849. The SMILES string of the molecule is COc1cccc(C(O)C2(OC)CCC2)c1. The van der Waals surface area contributed by atoms with E-state index in [0.717, 1.165) is 30.6 Å². The zero-order valence-corrected chi connectivity index (χ0v) is 9.77. The Bertz CT molecular complexity index is 352. The molecule has 0 bridgehead atoms. The third-order valence-corrected chi connectivity index (χ3v) is 3.51. The molecule has 0 saturated heterocycles. The van der Waals surface area contributed by atoms with E-state index in [1.165, 1.54) is 0 Å². The smallest absolute Gasteiger partial charge is 0.119 e. The number of hydrogen-bond acceptors (Lipinski definition) is 3. The average Bonchev–Trinajstić information content (AvgIpc) is 2.28. The molecular weight excluding hydrogens is 204 g/mol. The van der Waals surface area contributed by atoms with Crippen LogP contribution in [0.25, 0.3) is 0 Å². The molecule has 1 aromatic carbocycles. The summed E-state index contributed by atoms with van der Waals surface area (Å²) in [4.78, 5) is 0. The van der Waals surface area contributed by atoms with Gasteiger partial charge in [-0.3, -0.25) is 0 Å². The second-order valence-electron chi connectivity index (χ2n) is 4.30. The van der Waals surface area contributed by atoms with Gasteiger partial charge in [-0.1, -0.05) is 12.1 Å². The van der Waals surface area contributed by atoms with Gasteiger partial charge in [-0.25, -0.2) is 0 Å². The normalized spacial score (nSPS) is 19.9. The molecule has 1 aromatic rings. The van der Waals surface area contributed by atoms with Crippen molar-refractivity contribution in [3.63, 3.8) is 0 Å². The highest BCUT2D eigenvalue weighted by molar-refractivity contribution is 5.31. The lowest BCUT2D eigenvalue weighted by atomic mass is 9.73. The highest BCUT2D eigenvalue weighted by Crippen LogP contribution is 2.45. The second kappa shape index (κ2) is 4.44. The van der Waals surface area contributed by atoms with E-state index in [1.54, 1.807) is 14.2 Å². The van der Waals surface area contributed by atoms with Crippen molar-refractivity contribution in [2.24, 2.45) is 0 Å². The summed E-state index contributed by atoms with van der Waals surface area (Å²) in [6.07, 6.45) is 2.39. The van der Waals surface area contributed by atoms with E-state index in [1.807, 2.05) is 24.3 Å². The Morgan fingerprint density at radius 3 is 2.56 bits per heavy atom. The van der Waals surface area contributed by atoms with Crippen LogP contribution in [-0.2, 0) is 4.74 Å². The number of methoxy groups -OCH3 is 2. The minimum absolute atomic E-state index is 0.383. The number of hydrogen-bond donors (Lipinski definition) is 1. The Labute approximate surface area is 96.0 Å². The molecule has 16 heavy (non-hydrogen) atoms. The van der Waals surface area contributed by atoms with Crippen molar-refractivity contribution >= 4 is 0 Å². The van der Waals surface area contributed by atoms with Crippen LogP contribution >= 0.6 is 0 Å². The van der Waals surface area contributed by atoms with E-state index in [9.17, 15) is 5.11 Å². The van der Waals surface area contributed by atoms with Gasteiger partial charge < -0.3 is 14.6 Å². The van der Waals surface area contributed by atoms with E-state index < -0.39 is 6.10 Å². The molecule has 1 atom stereocenters. The van der Waals surface area contributed by atoms with Crippen molar-refractivity contribution < 1.29 is 14.6 Å². The van der Waals surface area contributed by atoms with E-state index >= 15 is 0 Å². The van der Waals surface area contributed by atoms with Crippen LogP contribution in [0.3, 0.4) is 0 Å². The minimum atomic E-state index is -0.568. The van der Waals surface area contributed by atoms with Gasteiger partial charge in [-0.2, -0.15) is 0 Å². The fourth-order valence-corrected chi connectivity index (χ4v) is 2.23. The number of aliphatic hydroxyl groups excluding tert-OH is 1. The van der Waals surface area contributed by atoms with Gasteiger partial charge in [-0.05, 0) is 37.0 Å². The fourth-order valence-electron chi connectivity index (χ4n) is 2.23. The molecule has 0 heterocycles. The molecule has 1 saturated carbocycles. The van der Waals surface area contributed by atoms with E-state index in [0.29, 0.717) is 0 Å². The second-order valence-corrected chi connectivity index (χ2v) is 4.30. The van der Waals surface area contributed by atoms with Gasteiger partial charge in [-0.15, -0.1) is 0 Å². The van der Waals surface area contributed by atoms with Crippen LogP contribution in [0.5, 0.6) is 5.75 Å². The summed E-state index contributed by atoms with van der Waals surface area (Å²) in [6.45, 7) is 0. The fraction of sp³-hybridized carbons (Fsp3) is 0.538. The Balaban J connectivity index is 2.22. The van der Waals surface area contributed by atoms with Crippen LogP contribution in [0, 0.1) is 0 Å². The molecule has 0 aliphatic heterocycles. The molecule has 1 N–H and O–H groups in total. The van der Waals surface area contributed by atoms with Gasteiger partial charge in [0.2, 0.25) is 0 Å². The van der Waals surface area contributed by atoms with Crippen molar-refractivity contribution in [1.29, 1.82) is 0 Å². The summed E-state index contributed by atoms with van der Waals surface area (Å²) in [5.41, 5.74) is 0.479. The largest absolute Gasteiger partial charge is 0.497 e. The number of benzene rings is 1. The molecule has 1 aliphatic rings. The first-order chi connectivity index (χ1) is 7.72. The highest BCUT2D eigenvalue weighted by Gasteiger charge is 2.44. The molecule has 1 fully saturated rings. The maximum absolute atomic E-state index is 10.3. The first-order valence-corrected chi connectivity index (χ1v) is 5.59. The van der Waals surface area contributed by atoms with Crippen LogP contribution in [0.2, 0.25) is 0 Å². The third-order valence-electron chi connectivity index (χ3n) is 3.51. The standard InChI is InChI=1S/C13H18O3/c1-15-11-6-3-5-10(9-11)12(14)13(16-2)7-4-8-13/h3,5-6,9,12,14H,4,7-8H2,1-2H3. The van der Waals surface area contributed by atoms with Gasteiger partial charge in [0.25, 0.3) is 0 Å². The third kappa shape index (κ3) is 1.81. The zero-order valence-electron chi connectivity index (χ0n) is 9.77. The summed E-state index contributed by atoms with van der Waals surface area (Å²) in [5.74, 6) is 0.766. The Kier molecular flexibility index (Phi) is 3.17. The predicted octanol–water partition coefficient (Wildman–Crippen LogP) is 2.30. The molecule has 1 unspecified atom stereocenters. The van der Waals surface area contributed by atoms with Crippen molar-refractivity contribution in [3.05, 3.63) is 29.8 Å². The monoisotopic (exact) mass is 222 g/mol. The molecule has 88 valence electrons. The first kappa shape index (κ1) is 11.4. The molecule has 0 radical (unpaired) electrons. The maximum atomic E-state index is 10.3. The van der Waals surface area contributed by atoms with Gasteiger partial charge >= 0.3 is 0 Å². The molecular formula is C13H18O3. The lowest BCUT2D eigenvalue weighted by Gasteiger charge is -2.44. The molecule has 1 aliphatic carbocycles. The Hall–Kier alpha value is -1.06. The summed E-state index contributed by atoms with van der Waals surface area (Å²) < 4.78 is 10.6. The maximum Gasteiger partial charge on any atom is 0.119 e. The molecule has 3 heteroatoms. The molecule has 3 nitrogen and oxygen atoms in total. The van der Waals surface area contributed by atoms with Crippen LogP contribution < -0.4 is 4.74 Å². The van der Waals surface area contributed by atoms with Crippen molar-refractivity contribution in [2.75, 3.05) is 14.2 Å². The minimum Gasteiger partial charge on any atom is -0.497 e. The molecule has 0 aromatic heterocycles. The van der Waals surface area contributed by atoms with Gasteiger partial charge in [0, 0.05) is 7.11 Å². The highest BCUT2D eigenvalue weighted by atomic mass is 16.5. The number of ether oxygens (including phenoxy) is 2. The van der Waals surface area contributed by atoms with Crippen LogP contribution in [0.1, 0.15) is 30.9 Å². The van der Waals surface area contributed by atoms with Crippen molar-refractivity contribution in [3.8, 4) is 5.75 Å². The van der Waals surface area contributed by atoms with Crippen molar-refractivity contribution in [2.45, 2.75) is 31.0 Å². The topological polar surface area (TPSA) is 38.7 Å². The molecule has 2 rings (SSSR count). The number of aliphatic hydroxyl groups is 1.